The Morgan fingerprint density at radius 3 is 2.65 bits per heavy atom. The van der Waals surface area contributed by atoms with E-state index in [-0.39, 0.29) is 23.2 Å². The van der Waals surface area contributed by atoms with Crippen LogP contribution in [0.25, 0.3) is 33.1 Å². The summed E-state index contributed by atoms with van der Waals surface area (Å²) in [5.41, 5.74) is 5.15. The molecule has 2 aromatic carbocycles. The third-order valence-corrected chi connectivity index (χ3v) is 9.07. The van der Waals surface area contributed by atoms with Gasteiger partial charge >= 0.3 is 7.60 Å². The molecule has 0 aliphatic carbocycles. The molecule has 0 aliphatic heterocycles. The van der Waals surface area contributed by atoms with Crippen LogP contribution in [0.15, 0.2) is 47.5 Å². The minimum absolute atomic E-state index is 0.00760. The number of pyridine rings is 1. The van der Waals surface area contributed by atoms with Crippen molar-refractivity contribution in [2.75, 3.05) is 38.7 Å². The lowest BCUT2D eigenvalue weighted by atomic mass is 9.93. The largest absolute Gasteiger partial charge is 0.352 e. The highest BCUT2D eigenvalue weighted by atomic mass is 32.2. The van der Waals surface area contributed by atoms with Crippen molar-refractivity contribution in [3.05, 3.63) is 59.3 Å². The monoisotopic (exact) mass is 586 g/mol. The van der Waals surface area contributed by atoms with Crippen molar-refractivity contribution in [2.24, 2.45) is 0 Å². The van der Waals surface area contributed by atoms with Gasteiger partial charge < -0.3 is 25.0 Å². The summed E-state index contributed by atoms with van der Waals surface area (Å²) >= 11 is 0. The van der Waals surface area contributed by atoms with Gasteiger partial charge in [-0.25, -0.2) is 13.4 Å². The number of fused-ring (bicyclic) bond motifs is 3. The normalized spacial score (nSPS) is 13.5. The van der Waals surface area contributed by atoms with Crippen LogP contribution in [0.3, 0.4) is 0 Å². The van der Waals surface area contributed by atoms with Gasteiger partial charge in [-0.05, 0) is 73.3 Å². The maximum absolute atomic E-state index is 13.3. The van der Waals surface area contributed by atoms with Crippen molar-refractivity contribution in [3.8, 4) is 11.1 Å². The number of hydrogen-bond acceptors (Lipinski definition) is 7. The number of amides is 1. The van der Waals surface area contributed by atoms with Crippen LogP contribution < -0.4 is 10.6 Å². The fraction of sp³-hybridized carbons (Fsp3) is 0.357. The molecule has 0 aliphatic rings. The van der Waals surface area contributed by atoms with Crippen LogP contribution in [-0.2, 0) is 18.9 Å². The van der Waals surface area contributed by atoms with E-state index >= 15 is 0 Å². The van der Waals surface area contributed by atoms with Gasteiger partial charge in [0.2, 0.25) is 0 Å². The minimum Gasteiger partial charge on any atom is -0.352 e. The van der Waals surface area contributed by atoms with E-state index < -0.39 is 17.4 Å². The molecule has 4 aromatic rings. The summed E-state index contributed by atoms with van der Waals surface area (Å²) in [5, 5.41) is 7.86. The number of H-pyrrole nitrogens is 1. The van der Waals surface area contributed by atoms with Gasteiger partial charge in [0.25, 0.3) is 5.91 Å². The first-order valence-corrected chi connectivity index (χ1v) is 16.8. The zero-order chi connectivity index (χ0) is 29.1. The second-order valence-electron chi connectivity index (χ2n) is 9.81. The molecule has 12 heteroatoms. The van der Waals surface area contributed by atoms with Crippen LogP contribution in [0.1, 0.15) is 34.8 Å². The van der Waals surface area contributed by atoms with Crippen molar-refractivity contribution in [1.82, 2.24) is 20.6 Å². The Hall–Kier alpha value is -3.08. The fourth-order valence-corrected chi connectivity index (χ4v) is 5.96. The zero-order valence-electron chi connectivity index (χ0n) is 23.1. The first kappa shape index (κ1) is 29.9. The SMILES string of the molecule is CCS(=O)(=O)c1cccc(-c2cc(C(=O)NCCCNCCOP(C)(=O)O)c(C)c3[nH]c4ncc(C)cc4c23)c1. The molecule has 0 fully saturated rings. The summed E-state index contributed by atoms with van der Waals surface area (Å²) in [6.07, 6.45) is 2.43. The molecule has 1 atom stereocenters. The number of aryl methyl sites for hydroxylation is 2. The van der Waals surface area contributed by atoms with Gasteiger partial charge in [0, 0.05) is 42.3 Å². The number of nitrogens with one attached hydrogen (secondary N) is 3. The number of benzene rings is 2. The molecule has 0 radical (unpaired) electrons. The van der Waals surface area contributed by atoms with E-state index in [1.54, 1.807) is 31.3 Å². The predicted molar refractivity (Wildman–Crippen MR) is 158 cm³/mol. The molecule has 4 rings (SSSR count). The third-order valence-electron chi connectivity index (χ3n) is 6.68. The first-order chi connectivity index (χ1) is 18.9. The van der Waals surface area contributed by atoms with Crippen LogP contribution in [0.2, 0.25) is 0 Å². The van der Waals surface area contributed by atoms with E-state index in [0.717, 1.165) is 39.6 Å². The molecular formula is C28H35N4O6PS. The Labute approximate surface area is 234 Å². The standard InChI is InChI=1S/C28H35N4O6PS/c1-5-40(36,37)21-9-6-8-20(15-21)23-16-22(28(33)30-11-7-10-29-12-13-38-39(4,34)35)19(3)26-25(23)24-14-18(2)17-31-27(24)32-26/h6,8-9,14-17,29H,5,7,10-13H2,1-4H3,(H,30,33)(H,31,32)(H,34,35). The van der Waals surface area contributed by atoms with Gasteiger partial charge in [0.05, 0.1) is 22.8 Å². The number of carbonyl (C=O) groups is 1. The van der Waals surface area contributed by atoms with E-state index in [0.29, 0.717) is 42.8 Å². The molecule has 0 saturated carbocycles. The zero-order valence-corrected chi connectivity index (χ0v) is 24.8. The van der Waals surface area contributed by atoms with Crippen LogP contribution >= 0.6 is 7.60 Å². The Balaban J connectivity index is 1.64. The Bertz CT molecular complexity index is 1710. The highest BCUT2D eigenvalue weighted by molar-refractivity contribution is 7.91. The number of rotatable bonds is 12. The maximum Gasteiger partial charge on any atom is 0.325 e. The van der Waals surface area contributed by atoms with Gasteiger partial charge in [0.15, 0.2) is 9.84 Å². The van der Waals surface area contributed by atoms with E-state index in [1.165, 1.54) is 0 Å². The van der Waals surface area contributed by atoms with E-state index in [4.69, 9.17) is 9.42 Å². The van der Waals surface area contributed by atoms with Gasteiger partial charge in [-0.15, -0.1) is 0 Å². The summed E-state index contributed by atoms with van der Waals surface area (Å²) < 4.78 is 41.3. The van der Waals surface area contributed by atoms with E-state index in [9.17, 15) is 17.8 Å². The molecule has 40 heavy (non-hydrogen) atoms. The summed E-state index contributed by atoms with van der Waals surface area (Å²) in [4.78, 5) is 30.6. The van der Waals surface area contributed by atoms with Crippen molar-refractivity contribution >= 4 is 45.3 Å². The molecule has 4 N–H and O–H groups in total. The second-order valence-corrected chi connectivity index (χ2v) is 13.9. The first-order valence-electron chi connectivity index (χ1n) is 13.1. The van der Waals surface area contributed by atoms with E-state index in [1.807, 2.05) is 32.0 Å². The van der Waals surface area contributed by atoms with Gasteiger partial charge in [0.1, 0.15) is 5.65 Å². The lowest BCUT2D eigenvalue weighted by Gasteiger charge is -2.14. The highest BCUT2D eigenvalue weighted by Gasteiger charge is 2.21. The predicted octanol–water partition coefficient (Wildman–Crippen LogP) is 4.33. The summed E-state index contributed by atoms with van der Waals surface area (Å²) in [5.74, 6) is -0.247. The van der Waals surface area contributed by atoms with E-state index in [2.05, 4.69) is 20.6 Å². The molecule has 214 valence electrons. The van der Waals surface area contributed by atoms with Gasteiger partial charge in [-0.1, -0.05) is 19.1 Å². The molecule has 10 nitrogen and oxygen atoms in total. The smallest absolute Gasteiger partial charge is 0.325 e. The van der Waals surface area contributed by atoms with Crippen molar-refractivity contribution in [1.29, 1.82) is 0 Å². The molecule has 0 spiro atoms. The number of hydrogen-bond donors (Lipinski definition) is 4. The minimum atomic E-state index is -3.48. The van der Waals surface area contributed by atoms with Crippen molar-refractivity contribution in [3.63, 3.8) is 0 Å². The van der Waals surface area contributed by atoms with Crippen molar-refractivity contribution < 1.29 is 27.2 Å². The van der Waals surface area contributed by atoms with Gasteiger partial charge in [-0.3, -0.25) is 9.36 Å². The number of aromatic amines is 1. The Morgan fingerprint density at radius 1 is 1.15 bits per heavy atom. The average molecular weight is 587 g/mol. The summed E-state index contributed by atoms with van der Waals surface area (Å²) in [6.45, 7) is 8.17. The molecule has 2 aromatic heterocycles. The van der Waals surface area contributed by atoms with Crippen LogP contribution in [0.4, 0.5) is 0 Å². The Kier molecular flexibility index (Phi) is 9.12. The molecule has 1 amide bonds. The van der Waals surface area contributed by atoms with Crippen LogP contribution in [-0.4, -0.2) is 67.8 Å². The van der Waals surface area contributed by atoms with Crippen LogP contribution in [0, 0.1) is 13.8 Å². The number of sulfone groups is 1. The van der Waals surface area contributed by atoms with Gasteiger partial charge in [-0.2, -0.15) is 0 Å². The molecule has 0 bridgehead atoms. The number of nitrogens with zero attached hydrogens (tertiary/aromatic N) is 1. The summed E-state index contributed by atoms with van der Waals surface area (Å²) in [7, 11) is -6.90. The quantitative estimate of drug-likeness (QED) is 0.141. The highest BCUT2D eigenvalue weighted by Crippen LogP contribution is 2.38. The molecule has 2 heterocycles. The summed E-state index contributed by atoms with van der Waals surface area (Å²) in [6, 6.07) is 10.7. The Morgan fingerprint density at radius 2 is 1.93 bits per heavy atom. The fourth-order valence-electron chi connectivity index (χ4n) is 4.61. The van der Waals surface area contributed by atoms with Crippen LogP contribution in [0.5, 0.6) is 0 Å². The topological polar surface area (TPSA) is 150 Å². The average Bonchev–Trinajstić information content (AvgIpc) is 3.29. The molecular weight excluding hydrogens is 551 g/mol. The number of carbonyl (C=O) groups excluding carboxylic acids is 1. The molecule has 1 unspecified atom stereocenters. The molecule has 0 saturated heterocycles. The van der Waals surface area contributed by atoms with Crippen molar-refractivity contribution in [2.45, 2.75) is 32.1 Å². The maximum atomic E-state index is 13.3. The third kappa shape index (κ3) is 6.79. The second kappa shape index (κ2) is 12.2. The number of aromatic nitrogens is 2. The lowest BCUT2D eigenvalue weighted by molar-refractivity contribution is 0.0952. The lowest BCUT2D eigenvalue weighted by Crippen LogP contribution is -2.29.